The van der Waals surface area contributed by atoms with E-state index in [1.165, 1.54) is 0 Å². The molecule has 0 atom stereocenters. The summed E-state index contributed by atoms with van der Waals surface area (Å²) in [6.45, 7) is 0. The van der Waals surface area contributed by atoms with E-state index in [4.69, 9.17) is 12.2 Å². The van der Waals surface area contributed by atoms with Crippen LogP contribution in [0.15, 0.2) is 64.3 Å². The SMILES string of the molecule is S=C1C=CC(C=c2ccc(=Cc3ccc(C=C4C=CC=N4)[nH]3)[nH]2)=N1. The second kappa shape index (κ2) is 6.22. The highest BCUT2D eigenvalue weighted by Gasteiger charge is 2.00. The van der Waals surface area contributed by atoms with E-state index in [0.29, 0.717) is 4.99 Å². The highest BCUT2D eigenvalue weighted by Crippen LogP contribution is 2.11. The number of rotatable bonds is 3. The second-order valence-corrected chi connectivity index (χ2v) is 5.86. The average molecular weight is 330 g/mol. The monoisotopic (exact) mass is 330 g/mol. The van der Waals surface area contributed by atoms with Crippen molar-refractivity contribution in [1.29, 1.82) is 0 Å². The molecule has 4 rings (SSSR count). The molecule has 2 N–H and O–H groups in total. The van der Waals surface area contributed by atoms with Crippen molar-refractivity contribution in [2.75, 3.05) is 0 Å². The van der Waals surface area contributed by atoms with Gasteiger partial charge in [-0.1, -0.05) is 12.2 Å². The van der Waals surface area contributed by atoms with E-state index in [2.05, 4.69) is 26.0 Å². The fourth-order valence-corrected chi connectivity index (χ4v) is 2.69. The Morgan fingerprint density at radius 2 is 1.62 bits per heavy atom. The summed E-state index contributed by atoms with van der Waals surface area (Å²) in [6.07, 6.45) is 15.5. The van der Waals surface area contributed by atoms with E-state index in [1.807, 2.05) is 60.7 Å². The van der Waals surface area contributed by atoms with Crippen LogP contribution >= 0.6 is 12.2 Å². The summed E-state index contributed by atoms with van der Waals surface area (Å²) < 4.78 is 0. The van der Waals surface area contributed by atoms with Crippen molar-refractivity contribution < 1.29 is 0 Å². The molecule has 4 nitrogen and oxygen atoms in total. The predicted molar refractivity (Wildman–Crippen MR) is 104 cm³/mol. The highest BCUT2D eigenvalue weighted by molar-refractivity contribution is 7.80. The number of allylic oxidation sites excluding steroid dienone is 3. The molecule has 0 saturated carbocycles. The third-order valence-corrected chi connectivity index (χ3v) is 3.82. The molecule has 4 heterocycles. The van der Waals surface area contributed by atoms with Crippen LogP contribution in [0.3, 0.4) is 0 Å². The van der Waals surface area contributed by atoms with Gasteiger partial charge >= 0.3 is 0 Å². The summed E-state index contributed by atoms with van der Waals surface area (Å²) in [5, 5.41) is 2.01. The summed E-state index contributed by atoms with van der Waals surface area (Å²) in [5.74, 6) is 0. The normalized spacial score (nSPS) is 19.2. The average Bonchev–Trinajstić information content (AvgIpc) is 3.32. The number of hydrogen-bond donors (Lipinski definition) is 2. The number of aromatic nitrogens is 2. The summed E-state index contributed by atoms with van der Waals surface area (Å²) >= 11 is 5.03. The third-order valence-electron chi connectivity index (χ3n) is 3.59. The number of aromatic amines is 2. The zero-order valence-corrected chi connectivity index (χ0v) is 13.5. The van der Waals surface area contributed by atoms with Crippen LogP contribution in [0.2, 0.25) is 0 Å². The van der Waals surface area contributed by atoms with E-state index in [0.717, 1.165) is 33.5 Å². The maximum atomic E-state index is 5.03. The second-order valence-electron chi connectivity index (χ2n) is 5.44. The van der Waals surface area contributed by atoms with Gasteiger partial charge in [-0.25, -0.2) is 4.99 Å². The van der Waals surface area contributed by atoms with E-state index in [1.54, 1.807) is 6.21 Å². The zero-order valence-electron chi connectivity index (χ0n) is 12.7. The maximum absolute atomic E-state index is 5.03. The molecule has 0 radical (unpaired) electrons. The minimum absolute atomic E-state index is 0.620. The molecule has 5 heteroatoms. The molecule has 0 fully saturated rings. The Bertz CT molecular complexity index is 1060. The van der Waals surface area contributed by atoms with Crippen molar-refractivity contribution >= 4 is 47.4 Å². The fraction of sp³-hybridized carbons (Fsp3) is 0. The molecule has 24 heavy (non-hydrogen) atoms. The number of H-pyrrole nitrogens is 2. The van der Waals surface area contributed by atoms with E-state index in [9.17, 15) is 0 Å². The third kappa shape index (κ3) is 3.31. The van der Waals surface area contributed by atoms with Gasteiger partial charge in [0.15, 0.2) is 0 Å². The van der Waals surface area contributed by atoms with Crippen molar-refractivity contribution in [3.63, 3.8) is 0 Å². The van der Waals surface area contributed by atoms with Crippen LogP contribution in [0.4, 0.5) is 0 Å². The predicted octanol–water partition coefficient (Wildman–Crippen LogP) is 2.27. The van der Waals surface area contributed by atoms with Gasteiger partial charge < -0.3 is 9.97 Å². The van der Waals surface area contributed by atoms with Crippen molar-refractivity contribution in [1.82, 2.24) is 9.97 Å². The smallest absolute Gasteiger partial charge is 0.126 e. The summed E-state index contributed by atoms with van der Waals surface area (Å²) in [7, 11) is 0. The lowest BCUT2D eigenvalue weighted by molar-refractivity contribution is 1.26. The van der Waals surface area contributed by atoms with Crippen molar-refractivity contribution in [2.24, 2.45) is 9.98 Å². The molecule has 2 aliphatic heterocycles. The topological polar surface area (TPSA) is 56.3 Å². The minimum atomic E-state index is 0.620. The van der Waals surface area contributed by atoms with Crippen LogP contribution < -0.4 is 10.7 Å². The lowest BCUT2D eigenvalue weighted by Gasteiger charge is -1.89. The molecule has 0 amide bonds. The standard InChI is InChI=1S/C19H14N4S/c24-19-8-7-18(23-19)12-17-6-5-16(22-17)11-15-4-3-14(21-15)10-13-2-1-9-20-13/h1-12,21-22H. The van der Waals surface area contributed by atoms with Gasteiger partial charge in [0, 0.05) is 28.3 Å². The Morgan fingerprint density at radius 1 is 0.833 bits per heavy atom. The lowest BCUT2D eigenvalue weighted by atomic mass is 10.3. The molecule has 0 saturated heterocycles. The van der Waals surface area contributed by atoms with Gasteiger partial charge in [-0.2, -0.15) is 0 Å². The summed E-state index contributed by atoms with van der Waals surface area (Å²) in [6, 6.07) is 8.14. The number of nitrogens with zero attached hydrogens (tertiary/aromatic N) is 2. The lowest BCUT2D eigenvalue weighted by Crippen LogP contribution is -2.10. The molecular formula is C19H14N4S. The first-order valence-corrected chi connectivity index (χ1v) is 7.96. The molecule has 2 aliphatic rings. The number of thiocarbonyl (C=S) groups is 1. The number of aliphatic imine (C=N–C) groups is 2. The molecule has 0 aliphatic carbocycles. The first-order valence-electron chi connectivity index (χ1n) is 7.55. The van der Waals surface area contributed by atoms with Crippen LogP contribution in [0.1, 0.15) is 11.4 Å². The van der Waals surface area contributed by atoms with E-state index >= 15 is 0 Å². The molecule has 2 aromatic heterocycles. The van der Waals surface area contributed by atoms with Crippen molar-refractivity contribution in [2.45, 2.75) is 0 Å². The van der Waals surface area contributed by atoms with Gasteiger partial charge in [-0.15, -0.1) is 0 Å². The maximum Gasteiger partial charge on any atom is 0.126 e. The largest absolute Gasteiger partial charge is 0.355 e. The van der Waals surface area contributed by atoms with Gasteiger partial charge in [0.25, 0.3) is 0 Å². The van der Waals surface area contributed by atoms with Crippen molar-refractivity contribution in [3.8, 4) is 0 Å². The molecular weight excluding hydrogens is 316 g/mol. The number of hydrogen-bond acceptors (Lipinski definition) is 2. The zero-order chi connectivity index (χ0) is 16.4. The van der Waals surface area contributed by atoms with Gasteiger partial charge in [0.1, 0.15) is 4.99 Å². The van der Waals surface area contributed by atoms with Gasteiger partial charge in [-0.3, -0.25) is 4.99 Å². The molecule has 0 spiro atoms. The quantitative estimate of drug-likeness (QED) is 0.834. The first-order chi connectivity index (χ1) is 11.7. The summed E-state index contributed by atoms with van der Waals surface area (Å²) in [5.41, 5.74) is 3.87. The van der Waals surface area contributed by atoms with Crippen LogP contribution in [0, 0.1) is 0 Å². The number of nitrogens with one attached hydrogen (secondary N) is 2. The Balaban J connectivity index is 1.59. The molecule has 2 aromatic rings. The fourth-order valence-electron chi connectivity index (χ4n) is 2.52. The first kappa shape index (κ1) is 14.5. The molecule has 116 valence electrons. The van der Waals surface area contributed by atoms with Crippen LogP contribution in [-0.4, -0.2) is 26.9 Å². The van der Waals surface area contributed by atoms with Gasteiger partial charge in [0.2, 0.25) is 0 Å². The van der Waals surface area contributed by atoms with Gasteiger partial charge in [-0.05, 0) is 66.8 Å². The Hall–Kier alpha value is -3.05. The molecule has 0 unspecified atom stereocenters. The van der Waals surface area contributed by atoms with Crippen LogP contribution in [-0.2, 0) is 0 Å². The Labute approximate surface area is 144 Å². The van der Waals surface area contributed by atoms with Crippen molar-refractivity contribution in [3.05, 3.63) is 76.4 Å². The molecule has 0 aromatic carbocycles. The Morgan fingerprint density at radius 3 is 2.33 bits per heavy atom. The van der Waals surface area contributed by atoms with Crippen LogP contribution in [0.5, 0.6) is 0 Å². The minimum Gasteiger partial charge on any atom is -0.355 e. The van der Waals surface area contributed by atoms with Crippen LogP contribution in [0.25, 0.3) is 18.2 Å². The van der Waals surface area contributed by atoms with Gasteiger partial charge in [0.05, 0.1) is 11.4 Å². The molecule has 0 bridgehead atoms. The summed E-state index contributed by atoms with van der Waals surface area (Å²) in [4.78, 5) is 15.8. The van der Waals surface area contributed by atoms with E-state index < -0.39 is 0 Å². The highest BCUT2D eigenvalue weighted by atomic mass is 32.1. The van der Waals surface area contributed by atoms with E-state index in [-0.39, 0.29) is 0 Å². The Kier molecular flexibility index (Phi) is 3.76.